The molecule has 0 N–H and O–H groups in total. The van der Waals surface area contributed by atoms with Crippen molar-refractivity contribution in [2.24, 2.45) is 0 Å². The predicted molar refractivity (Wildman–Crippen MR) is 68.2 cm³/mol. The lowest BCUT2D eigenvalue weighted by Gasteiger charge is -2.04. The molecule has 1 aromatic heterocycles. The molecule has 1 aromatic carbocycles. The minimum atomic E-state index is 0.569. The van der Waals surface area contributed by atoms with Crippen LogP contribution in [0.1, 0.15) is 11.3 Å². The molecule has 6 heteroatoms. The van der Waals surface area contributed by atoms with Crippen LogP contribution in [0.4, 0.5) is 0 Å². The Labute approximate surface area is 111 Å². The van der Waals surface area contributed by atoms with Gasteiger partial charge < -0.3 is 0 Å². The van der Waals surface area contributed by atoms with Crippen molar-refractivity contribution in [2.75, 3.05) is 0 Å². The third-order valence-electron chi connectivity index (χ3n) is 2.06. The Hall–Kier alpha value is -0.580. The molecule has 0 aliphatic rings. The summed E-state index contributed by atoms with van der Waals surface area (Å²) >= 11 is 15.3. The van der Waals surface area contributed by atoms with Crippen LogP contribution in [-0.2, 0) is 11.9 Å². The van der Waals surface area contributed by atoms with Gasteiger partial charge in [-0.15, -0.1) is 5.10 Å². The number of hydrogen-bond donors (Lipinski definition) is 0. The first-order chi connectivity index (χ1) is 7.69. The third kappa shape index (κ3) is 2.75. The summed E-state index contributed by atoms with van der Waals surface area (Å²) in [6.45, 7) is 0.569. The van der Waals surface area contributed by atoms with E-state index >= 15 is 0 Å². The molecule has 0 fully saturated rings. The smallest absolute Gasteiger partial charge is 0.0932 e. The van der Waals surface area contributed by atoms with Gasteiger partial charge in [0, 0.05) is 21.6 Å². The fourth-order valence-electron chi connectivity index (χ4n) is 1.32. The van der Waals surface area contributed by atoms with E-state index in [9.17, 15) is 0 Å². The van der Waals surface area contributed by atoms with Crippen LogP contribution in [0.25, 0.3) is 0 Å². The highest BCUT2D eigenvalue weighted by molar-refractivity contribution is 9.08. The highest BCUT2D eigenvalue weighted by atomic mass is 79.9. The van der Waals surface area contributed by atoms with Crippen molar-refractivity contribution in [3.05, 3.63) is 45.7 Å². The highest BCUT2D eigenvalue weighted by Crippen LogP contribution is 2.21. The van der Waals surface area contributed by atoms with E-state index in [0.717, 1.165) is 11.3 Å². The van der Waals surface area contributed by atoms with Crippen molar-refractivity contribution < 1.29 is 0 Å². The fraction of sp³-hybridized carbons (Fsp3) is 0.200. The molecule has 0 aliphatic heterocycles. The van der Waals surface area contributed by atoms with Crippen molar-refractivity contribution in [1.29, 1.82) is 0 Å². The standard InChI is InChI=1S/C10H8BrCl2N3/c11-4-9-6-16(15-14-9)5-7-3-8(12)1-2-10(7)13/h1-3,6H,4-5H2. The lowest BCUT2D eigenvalue weighted by atomic mass is 10.2. The van der Waals surface area contributed by atoms with E-state index in [1.54, 1.807) is 16.8 Å². The second kappa shape index (κ2) is 5.17. The first-order valence-electron chi connectivity index (χ1n) is 4.58. The quantitative estimate of drug-likeness (QED) is 0.810. The van der Waals surface area contributed by atoms with Gasteiger partial charge in [0.25, 0.3) is 0 Å². The number of halogens is 3. The number of nitrogens with zero attached hydrogens (tertiary/aromatic N) is 3. The van der Waals surface area contributed by atoms with Crippen molar-refractivity contribution in [2.45, 2.75) is 11.9 Å². The van der Waals surface area contributed by atoms with E-state index in [2.05, 4.69) is 26.2 Å². The summed E-state index contributed by atoms with van der Waals surface area (Å²) in [5.41, 5.74) is 1.82. The van der Waals surface area contributed by atoms with Crippen molar-refractivity contribution in [3.8, 4) is 0 Å². The number of hydrogen-bond acceptors (Lipinski definition) is 2. The van der Waals surface area contributed by atoms with E-state index in [4.69, 9.17) is 23.2 Å². The first-order valence-corrected chi connectivity index (χ1v) is 6.45. The number of rotatable bonds is 3. The van der Waals surface area contributed by atoms with Crippen LogP contribution >= 0.6 is 39.1 Å². The molecular weight excluding hydrogens is 313 g/mol. The maximum Gasteiger partial charge on any atom is 0.0932 e. The number of benzene rings is 1. The van der Waals surface area contributed by atoms with Gasteiger partial charge in [-0.3, -0.25) is 0 Å². The van der Waals surface area contributed by atoms with E-state index in [1.165, 1.54) is 0 Å². The molecule has 84 valence electrons. The van der Waals surface area contributed by atoms with E-state index in [-0.39, 0.29) is 0 Å². The molecule has 0 atom stereocenters. The van der Waals surface area contributed by atoms with Crippen LogP contribution in [0.15, 0.2) is 24.4 Å². The monoisotopic (exact) mass is 319 g/mol. The van der Waals surface area contributed by atoms with Crippen LogP contribution in [-0.4, -0.2) is 15.0 Å². The summed E-state index contributed by atoms with van der Waals surface area (Å²) in [5, 5.41) is 10.00. The van der Waals surface area contributed by atoms with Gasteiger partial charge in [0.1, 0.15) is 0 Å². The molecule has 1 heterocycles. The van der Waals surface area contributed by atoms with Gasteiger partial charge in [0.15, 0.2) is 0 Å². The van der Waals surface area contributed by atoms with Gasteiger partial charge in [-0.1, -0.05) is 44.3 Å². The van der Waals surface area contributed by atoms with Crippen molar-refractivity contribution >= 4 is 39.1 Å². The zero-order valence-corrected chi connectivity index (χ0v) is 11.3. The second-order valence-corrected chi connectivity index (χ2v) is 4.68. The lowest BCUT2D eigenvalue weighted by Crippen LogP contribution is -2.01. The second-order valence-electron chi connectivity index (χ2n) is 3.28. The maximum atomic E-state index is 6.06. The molecular formula is C10H8BrCl2N3. The van der Waals surface area contributed by atoms with Crippen molar-refractivity contribution in [1.82, 2.24) is 15.0 Å². The molecule has 0 bridgehead atoms. The maximum absolute atomic E-state index is 6.06. The van der Waals surface area contributed by atoms with Crippen LogP contribution in [0.2, 0.25) is 10.0 Å². The Morgan fingerprint density at radius 2 is 2.12 bits per heavy atom. The molecule has 16 heavy (non-hydrogen) atoms. The van der Waals surface area contributed by atoms with Crippen LogP contribution in [0.5, 0.6) is 0 Å². The average molecular weight is 321 g/mol. The van der Waals surface area contributed by atoms with Crippen LogP contribution < -0.4 is 0 Å². The van der Waals surface area contributed by atoms with Crippen LogP contribution in [0, 0.1) is 0 Å². The zero-order chi connectivity index (χ0) is 11.5. The molecule has 2 aromatic rings. The normalized spacial score (nSPS) is 10.7. The Morgan fingerprint density at radius 3 is 2.81 bits per heavy atom. The minimum Gasteiger partial charge on any atom is -0.248 e. The SMILES string of the molecule is Clc1ccc(Cl)c(Cn2cc(CBr)nn2)c1. The van der Waals surface area contributed by atoms with Gasteiger partial charge in [0.2, 0.25) is 0 Å². The Kier molecular flexibility index (Phi) is 3.84. The first kappa shape index (κ1) is 11.9. The zero-order valence-electron chi connectivity index (χ0n) is 8.20. The van der Waals surface area contributed by atoms with Gasteiger partial charge in [0.05, 0.1) is 12.2 Å². The van der Waals surface area contributed by atoms with Crippen LogP contribution in [0.3, 0.4) is 0 Å². The highest BCUT2D eigenvalue weighted by Gasteiger charge is 2.04. The van der Waals surface area contributed by atoms with Gasteiger partial charge in [-0.25, -0.2) is 4.68 Å². The minimum absolute atomic E-state index is 0.569. The molecule has 0 aliphatic carbocycles. The van der Waals surface area contributed by atoms with Gasteiger partial charge >= 0.3 is 0 Å². The average Bonchev–Trinajstić information content (AvgIpc) is 2.71. The number of alkyl halides is 1. The van der Waals surface area contributed by atoms with Crippen molar-refractivity contribution in [3.63, 3.8) is 0 Å². The molecule has 0 saturated carbocycles. The fourth-order valence-corrected chi connectivity index (χ4v) is 1.94. The predicted octanol–water partition coefficient (Wildman–Crippen LogP) is 3.53. The summed E-state index contributed by atoms with van der Waals surface area (Å²) < 4.78 is 1.73. The number of aromatic nitrogens is 3. The summed E-state index contributed by atoms with van der Waals surface area (Å²) in [5.74, 6) is 0. The van der Waals surface area contributed by atoms with E-state index in [0.29, 0.717) is 21.9 Å². The summed E-state index contributed by atoms with van der Waals surface area (Å²) in [6, 6.07) is 5.37. The molecule has 0 unspecified atom stereocenters. The van der Waals surface area contributed by atoms with Gasteiger partial charge in [-0.2, -0.15) is 0 Å². The van der Waals surface area contributed by atoms with E-state index in [1.807, 2.05) is 12.3 Å². The molecule has 0 spiro atoms. The summed E-state index contributed by atoms with van der Waals surface area (Å²) in [7, 11) is 0. The Bertz CT molecular complexity index is 499. The van der Waals surface area contributed by atoms with Gasteiger partial charge in [-0.05, 0) is 23.8 Å². The molecule has 0 radical (unpaired) electrons. The molecule has 0 saturated heterocycles. The lowest BCUT2D eigenvalue weighted by molar-refractivity contribution is 0.649. The molecule has 3 nitrogen and oxygen atoms in total. The topological polar surface area (TPSA) is 30.7 Å². The largest absolute Gasteiger partial charge is 0.248 e. The Morgan fingerprint density at radius 1 is 1.31 bits per heavy atom. The van der Waals surface area contributed by atoms with E-state index < -0.39 is 0 Å². The molecule has 0 amide bonds. The third-order valence-corrected chi connectivity index (χ3v) is 3.24. The molecule has 2 rings (SSSR count). The summed E-state index contributed by atoms with van der Waals surface area (Å²) in [4.78, 5) is 0. The summed E-state index contributed by atoms with van der Waals surface area (Å²) in [6.07, 6.45) is 1.87. The Balaban J connectivity index is 2.22.